The molecule has 0 saturated heterocycles. The molecule has 1 aromatic heterocycles. The van der Waals surface area contributed by atoms with Crippen molar-refractivity contribution in [3.05, 3.63) is 104 Å². The number of dihydropyridines is 1. The summed E-state index contributed by atoms with van der Waals surface area (Å²) in [5.41, 5.74) is 3.87. The Kier molecular flexibility index (Phi) is 6.31. The van der Waals surface area contributed by atoms with Gasteiger partial charge in [0.1, 0.15) is 11.4 Å². The maximum Gasteiger partial charge on any atom is 0.337 e. The number of Topliss-reactive ketones (excluding diaryl/α,β-unsaturated/α-hetero) is 1. The van der Waals surface area contributed by atoms with Crippen molar-refractivity contribution in [2.45, 2.75) is 58.5 Å². The Labute approximate surface area is 213 Å². The van der Waals surface area contributed by atoms with Gasteiger partial charge in [0.25, 0.3) is 0 Å². The number of ether oxygens (including phenoxy) is 1. The molecular formula is C30H28FNO5. The Hall–Kier alpha value is -4.00. The molecule has 2 heterocycles. The number of hydrogen-bond acceptors (Lipinski definition) is 6. The molecule has 2 atom stereocenters. The number of carbonyl (C=O) groups is 2. The third kappa shape index (κ3) is 4.50. The van der Waals surface area contributed by atoms with Crippen LogP contribution < -0.4 is 10.7 Å². The molecule has 5 rings (SSSR count). The van der Waals surface area contributed by atoms with E-state index < -0.39 is 11.9 Å². The Morgan fingerprint density at radius 3 is 2.51 bits per heavy atom. The quantitative estimate of drug-likeness (QED) is 0.472. The van der Waals surface area contributed by atoms with Crippen LogP contribution in [0.15, 0.2) is 80.5 Å². The zero-order valence-electron chi connectivity index (χ0n) is 21.2. The van der Waals surface area contributed by atoms with E-state index in [1.807, 2.05) is 13.0 Å². The average molecular weight is 502 g/mol. The number of fused-ring (bicyclic) bond motifs is 1. The van der Waals surface area contributed by atoms with Crippen molar-refractivity contribution >= 4 is 22.7 Å². The maximum atomic E-state index is 13.8. The van der Waals surface area contributed by atoms with Crippen LogP contribution in [0.4, 0.5) is 4.39 Å². The highest BCUT2D eigenvalue weighted by atomic mass is 19.1. The minimum atomic E-state index is -0.926. The van der Waals surface area contributed by atoms with E-state index in [4.69, 9.17) is 9.15 Å². The zero-order chi connectivity index (χ0) is 26.4. The van der Waals surface area contributed by atoms with Gasteiger partial charge in [0.2, 0.25) is 0 Å². The number of aryl methyl sites for hydroxylation is 1. The van der Waals surface area contributed by atoms with Gasteiger partial charge >= 0.3 is 5.97 Å². The van der Waals surface area contributed by atoms with Crippen LogP contribution in [0.1, 0.15) is 62.1 Å². The largest absolute Gasteiger partial charge is 0.464 e. The summed E-state index contributed by atoms with van der Waals surface area (Å²) in [6.07, 6.45) is 1.62. The van der Waals surface area contributed by atoms with Crippen LogP contribution in [0.5, 0.6) is 0 Å². The Morgan fingerprint density at radius 1 is 1.08 bits per heavy atom. The van der Waals surface area contributed by atoms with E-state index in [1.54, 1.807) is 45.0 Å². The summed E-state index contributed by atoms with van der Waals surface area (Å²) in [7, 11) is 0. The number of hydrogen-bond donors (Lipinski definition) is 1. The van der Waals surface area contributed by atoms with Crippen LogP contribution in [0, 0.1) is 12.7 Å². The maximum absolute atomic E-state index is 13.8. The number of allylic oxidation sites excluding steroid dienone is 3. The van der Waals surface area contributed by atoms with Gasteiger partial charge in [0.05, 0.1) is 29.2 Å². The number of esters is 1. The van der Waals surface area contributed by atoms with Gasteiger partial charge in [-0.1, -0.05) is 23.8 Å². The fraction of sp³-hybridized carbons (Fsp3) is 0.300. The number of nitrogens with one attached hydrogen (secondary N) is 1. The second-order valence-electron chi connectivity index (χ2n) is 10.0. The van der Waals surface area contributed by atoms with E-state index in [9.17, 15) is 18.8 Å². The van der Waals surface area contributed by atoms with Gasteiger partial charge < -0.3 is 14.5 Å². The lowest BCUT2D eigenvalue weighted by atomic mass is 9.72. The predicted octanol–water partition coefficient (Wildman–Crippen LogP) is 5.55. The third-order valence-electron chi connectivity index (χ3n) is 7.00. The van der Waals surface area contributed by atoms with E-state index >= 15 is 0 Å². The molecule has 190 valence electrons. The Balaban J connectivity index is 1.68. The third-order valence-corrected chi connectivity index (χ3v) is 7.00. The van der Waals surface area contributed by atoms with Crippen LogP contribution in [0.2, 0.25) is 0 Å². The van der Waals surface area contributed by atoms with Gasteiger partial charge in [-0.05, 0) is 69.9 Å². The summed E-state index contributed by atoms with van der Waals surface area (Å²) in [4.78, 5) is 40.8. The van der Waals surface area contributed by atoms with Crippen LogP contribution in [-0.4, -0.2) is 17.9 Å². The predicted molar refractivity (Wildman–Crippen MR) is 137 cm³/mol. The van der Waals surface area contributed by atoms with Crippen molar-refractivity contribution in [3.8, 4) is 0 Å². The van der Waals surface area contributed by atoms with Crippen molar-refractivity contribution < 1.29 is 23.1 Å². The van der Waals surface area contributed by atoms with Crippen molar-refractivity contribution in [3.63, 3.8) is 0 Å². The summed E-state index contributed by atoms with van der Waals surface area (Å²) >= 11 is 0. The van der Waals surface area contributed by atoms with Gasteiger partial charge in [-0.3, -0.25) is 9.59 Å². The highest BCUT2D eigenvalue weighted by Gasteiger charge is 2.43. The molecule has 3 aromatic rings. The second-order valence-corrected chi connectivity index (χ2v) is 10.0. The summed E-state index contributed by atoms with van der Waals surface area (Å²) in [6.45, 7) is 7.12. The molecule has 0 spiro atoms. The molecular weight excluding hydrogens is 473 g/mol. The number of benzene rings is 2. The molecule has 1 aliphatic heterocycles. The standard InChI is InChI=1S/C30H28FNO5/c1-15(2)37-30(35)26-17(4)32-23-12-19(18-6-8-20(31)9-7-18)13-24(33)28(23)27(26)22-14-36-25-10-5-16(3)11-21(25)29(22)34/h5-11,14-15,19,27,32H,12-13H2,1-4H3/t19-,27-/m0/s1. The van der Waals surface area contributed by atoms with Crippen molar-refractivity contribution in [2.24, 2.45) is 0 Å². The van der Waals surface area contributed by atoms with E-state index in [0.717, 1.165) is 11.1 Å². The van der Waals surface area contributed by atoms with Crippen molar-refractivity contribution in [2.75, 3.05) is 0 Å². The van der Waals surface area contributed by atoms with Crippen LogP contribution in [0.3, 0.4) is 0 Å². The van der Waals surface area contributed by atoms with Crippen molar-refractivity contribution in [1.82, 2.24) is 5.32 Å². The highest BCUT2D eigenvalue weighted by Crippen LogP contribution is 2.45. The fourth-order valence-electron chi connectivity index (χ4n) is 5.33. The zero-order valence-corrected chi connectivity index (χ0v) is 21.2. The van der Waals surface area contributed by atoms with Gasteiger partial charge in [0.15, 0.2) is 11.2 Å². The summed E-state index contributed by atoms with van der Waals surface area (Å²) < 4.78 is 24.9. The first-order valence-electron chi connectivity index (χ1n) is 12.4. The molecule has 1 aliphatic carbocycles. The normalized spacial score (nSPS) is 19.8. The summed E-state index contributed by atoms with van der Waals surface area (Å²) in [5.74, 6) is -2.20. The highest BCUT2D eigenvalue weighted by molar-refractivity contribution is 6.04. The minimum absolute atomic E-state index is 0.160. The first-order chi connectivity index (χ1) is 17.6. The summed E-state index contributed by atoms with van der Waals surface area (Å²) in [5, 5.41) is 3.65. The molecule has 7 heteroatoms. The topological polar surface area (TPSA) is 85.6 Å². The van der Waals surface area contributed by atoms with E-state index in [2.05, 4.69) is 5.32 Å². The summed E-state index contributed by atoms with van der Waals surface area (Å²) in [6, 6.07) is 11.5. The Morgan fingerprint density at radius 2 is 1.81 bits per heavy atom. The van der Waals surface area contributed by atoms with Gasteiger partial charge in [0, 0.05) is 29.0 Å². The van der Waals surface area contributed by atoms with E-state index in [-0.39, 0.29) is 46.6 Å². The molecule has 0 radical (unpaired) electrons. The van der Waals surface area contributed by atoms with E-state index in [0.29, 0.717) is 34.4 Å². The number of halogens is 1. The number of rotatable bonds is 4. The first-order valence-corrected chi connectivity index (χ1v) is 12.4. The van der Waals surface area contributed by atoms with Crippen molar-refractivity contribution in [1.29, 1.82) is 0 Å². The molecule has 0 fully saturated rings. The van der Waals surface area contributed by atoms with Crippen LogP contribution in [0.25, 0.3) is 11.0 Å². The van der Waals surface area contributed by atoms with Crippen LogP contribution >= 0.6 is 0 Å². The van der Waals surface area contributed by atoms with Crippen LogP contribution in [-0.2, 0) is 14.3 Å². The minimum Gasteiger partial charge on any atom is -0.464 e. The Bertz CT molecular complexity index is 1540. The number of ketones is 1. The molecule has 1 N–H and O–H groups in total. The lowest BCUT2D eigenvalue weighted by Gasteiger charge is -2.36. The van der Waals surface area contributed by atoms with Gasteiger partial charge in [-0.2, -0.15) is 0 Å². The lowest BCUT2D eigenvalue weighted by Crippen LogP contribution is -2.37. The van der Waals surface area contributed by atoms with Gasteiger partial charge in [-0.15, -0.1) is 0 Å². The van der Waals surface area contributed by atoms with Gasteiger partial charge in [-0.25, -0.2) is 9.18 Å². The molecule has 0 unspecified atom stereocenters. The SMILES string of the molecule is CC1=C(C(=O)OC(C)C)[C@H](c2coc3ccc(C)cc3c2=O)C2=C(C[C@H](c3ccc(F)cc3)CC2=O)N1. The smallest absolute Gasteiger partial charge is 0.337 e. The molecule has 37 heavy (non-hydrogen) atoms. The average Bonchev–Trinajstić information content (AvgIpc) is 2.83. The molecule has 6 nitrogen and oxygen atoms in total. The lowest BCUT2D eigenvalue weighted by molar-refractivity contribution is -0.143. The molecule has 2 aliphatic rings. The molecule has 2 aromatic carbocycles. The second kappa shape index (κ2) is 9.47. The molecule has 0 bridgehead atoms. The molecule has 0 amide bonds. The first kappa shape index (κ1) is 24.7. The number of carbonyl (C=O) groups excluding carboxylic acids is 2. The fourth-order valence-corrected chi connectivity index (χ4v) is 5.33. The molecule has 0 saturated carbocycles. The monoisotopic (exact) mass is 501 g/mol. The van der Waals surface area contributed by atoms with E-state index in [1.165, 1.54) is 18.4 Å².